The lowest BCUT2D eigenvalue weighted by Crippen LogP contribution is -2.15. The zero-order valence-electron chi connectivity index (χ0n) is 31.1. The number of fused-ring (bicyclic) bond motifs is 8. The second-order valence-corrected chi connectivity index (χ2v) is 15.2. The molecule has 0 saturated carbocycles. The second-order valence-electron chi connectivity index (χ2n) is 15.2. The van der Waals surface area contributed by atoms with Crippen LogP contribution in [0.3, 0.4) is 0 Å². The second kappa shape index (κ2) is 12.4. The van der Waals surface area contributed by atoms with E-state index in [4.69, 9.17) is 15.0 Å². The van der Waals surface area contributed by atoms with Crippen LogP contribution in [0.5, 0.6) is 0 Å². The van der Waals surface area contributed by atoms with Crippen LogP contribution in [0.15, 0.2) is 182 Å². The number of rotatable bonds is 5. The molecule has 2 heterocycles. The Bertz CT molecular complexity index is 3140. The molecule has 0 N–H and O–H groups in total. The van der Waals surface area contributed by atoms with Gasteiger partial charge in [0.25, 0.3) is 0 Å². The van der Waals surface area contributed by atoms with Crippen molar-refractivity contribution in [2.45, 2.75) is 19.3 Å². The first-order valence-corrected chi connectivity index (χ1v) is 19.2. The topological polar surface area (TPSA) is 43.6 Å². The predicted octanol–water partition coefficient (Wildman–Crippen LogP) is 13.1. The van der Waals surface area contributed by atoms with E-state index >= 15 is 0 Å². The Kier molecular flexibility index (Phi) is 7.17. The molecule has 0 saturated heterocycles. The Morgan fingerprint density at radius 1 is 0.411 bits per heavy atom. The van der Waals surface area contributed by atoms with Crippen LogP contribution in [0.4, 0.5) is 0 Å². The minimum absolute atomic E-state index is 0.158. The summed E-state index contributed by atoms with van der Waals surface area (Å²) in [7, 11) is 0. The molecule has 1 aliphatic carbocycles. The van der Waals surface area contributed by atoms with Crippen molar-refractivity contribution in [3.05, 3.63) is 193 Å². The molecule has 4 nitrogen and oxygen atoms in total. The maximum absolute atomic E-state index is 5.29. The highest BCUT2D eigenvalue weighted by atomic mass is 15.2. The third-order valence-corrected chi connectivity index (χ3v) is 11.7. The maximum atomic E-state index is 5.29. The third-order valence-electron chi connectivity index (χ3n) is 11.7. The minimum Gasteiger partial charge on any atom is -0.277 e. The van der Waals surface area contributed by atoms with E-state index in [9.17, 15) is 0 Å². The first-order valence-electron chi connectivity index (χ1n) is 19.2. The zero-order chi connectivity index (χ0) is 37.4. The summed E-state index contributed by atoms with van der Waals surface area (Å²) >= 11 is 0. The highest BCUT2D eigenvalue weighted by molar-refractivity contribution is 6.14. The fourth-order valence-corrected chi connectivity index (χ4v) is 8.89. The first kappa shape index (κ1) is 32.3. The molecule has 1 aliphatic rings. The minimum atomic E-state index is -0.158. The highest BCUT2D eigenvalue weighted by Gasteiger charge is 2.36. The molecule has 0 radical (unpaired) electrons. The number of nitrogens with zero attached hydrogens (tertiary/aromatic N) is 4. The van der Waals surface area contributed by atoms with Crippen molar-refractivity contribution < 1.29 is 0 Å². The zero-order valence-corrected chi connectivity index (χ0v) is 31.1. The summed E-state index contributed by atoms with van der Waals surface area (Å²) in [5, 5.41) is 4.89. The van der Waals surface area contributed by atoms with Crippen molar-refractivity contribution >= 4 is 32.6 Å². The van der Waals surface area contributed by atoms with E-state index in [1.165, 1.54) is 38.6 Å². The van der Waals surface area contributed by atoms with E-state index in [1.54, 1.807) is 0 Å². The molecular formula is C52H36N4. The van der Waals surface area contributed by atoms with Crippen LogP contribution in [0.25, 0.3) is 94.7 Å². The lowest BCUT2D eigenvalue weighted by atomic mass is 9.81. The van der Waals surface area contributed by atoms with Crippen LogP contribution in [-0.4, -0.2) is 19.5 Å². The van der Waals surface area contributed by atoms with Gasteiger partial charge in [-0.05, 0) is 61.8 Å². The lowest BCUT2D eigenvalue weighted by Gasteiger charge is -2.22. The van der Waals surface area contributed by atoms with Gasteiger partial charge in [-0.25, -0.2) is 4.98 Å². The van der Waals surface area contributed by atoms with Gasteiger partial charge in [-0.2, -0.15) is 9.97 Å². The predicted molar refractivity (Wildman–Crippen MR) is 231 cm³/mol. The molecule has 0 fully saturated rings. The van der Waals surface area contributed by atoms with Gasteiger partial charge in [0.1, 0.15) is 0 Å². The Morgan fingerprint density at radius 3 is 1.77 bits per heavy atom. The van der Waals surface area contributed by atoms with Crippen molar-refractivity contribution in [2.75, 3.05) is 0 Å². The fraction of sp³-hybridized carbons (Fsp3) is 0.0577. The van der Waals surface area contributed by atoms with E-state index in [-0.39, 0.29) is 5.41 Å². The molecule has 0 amide bonds. The average molecular weight is 717 g/mol. The number of aromatic nitrogens is 4. The highest BCUT2D eigenvalue weighted by Crippen LogP contribution is 2.52. The summed E-state index contributed by atoms with van der Waals surface area (Å²) in [5.41, 5.74) is 13.8. The van der Waals surface area contributed by atoms with Crippen molar-refractivity contribution in [1.82, 2.24) is 19.5 Å². The lowest BCUT2D eigenvalue weighted by molar-refractivity contribution is 0.661. The van der Waals surface area contributed by atoms with E-state index in [0.29, 0.717) is 17.6 Å². The molecule has 2 aromatic heterocycles. The van der Waals surface area contributed by atoms with E-state index in [2.05, 4.69) is 176 Å². The summed E-state index contributed by atoms with van der Waals surface area (Å²) in [5.74, 6) is 1.84. The molecule has 0 bridgehead atoms. The van der Waals surface area contributed by atoms with Crippen LogP contribution < -0.4 is 0 Å². The van der Waals surface area contributed by atoms with Gasteiger partial charge in [-0.1, -0.05) is 184 Å². The summed E-state index contributed by atoms with van der Waals surface area (Å²) in [6.45, 7) is 4.72. The molecular weight excluding hydrogens is 681 g/mol. The smallest absolute Gasteiger partial charge is 0.238 e. The van der Waals surface area contributed by atoms with Crippen LogP contribution >= 0.6 is 0 Å². The van der Waals surface area contributed by atoms with Crippen molar-refractivity contribution in [3.63, 3.8) is 0 Å². The van der Waals surface area contributed by atoms with E-state index in [1.807, 2.05) is 24.3 Å². The Hall–Kier alpha value is -7.17. The van der Waals surface area contributed by atoms with E-state index < -0.39 is 0 Å². The number of benzene rings is 8. The van der Waals surface area contributed by atoms with Crippen LogP contribution in [0.2, 0.25) is 0 Å². The molecule has 264 valence electrons. The average Bonchev–Trinajstić information content (AvgIpc) is 3.72. The molecule has 56 heavy (non-hydrogen) atoms. The molecule has 8 aromatic carbocycles. The van der Waals surface area contributed by atoms with Crippen molar-refractivity contribution in [1.29, 1.82) is 0 Å². The van der Waals surface area contributed by atoms with Gasteiger partial charge in [0, 0.05) is 32.9 Å². The molecule has 0 atom stereocenters. The summed E-state index contributed by atoms with van der Waals surface area (Å²) in [6, 6.07) is 64.8. The first-order chi connectivity index (χ1) is 27.5. The van der Waals surface area contributed by atoms with Crippen molar-refractivity contribution in [3.8, 4) is 62.1 Å². The molecule has 0 aliphatic heterocycles. The fourth-order valence-electron chi connectivity index (χ4n) is 8.89. The number of hydrogen-bond donors (Lipinski definition) is 0. The standard InChI is InChI=1S/C52H36N4/c1-52(2)44-31-29-35-16-9-10-19-39(35)47(44)43-30-28-38(32-45(43)52)40-21-13-22-42-41-20-11-12-23-46(41)56(48(40)42)51-54-49(36-17-7-4-8-18-36)53-50(55-51)37-26-24-34(25-27-37)33-14-5-3-6-15-33/h3-32H,1-2H3. The summed E-state index contributed by atoms with van der Waals surface area (Å²) in [4.78, 5) is 15.6. The quantitative estimate of drug-likeness (QED) is 0.178. The summed E-state index contributed by atoms with van der Waals surface area (Å²) in [6.07, 6.45) is 0. The van der Waals surface area contributed by atoms with Gasteiger partial charge in [-0.15, -0.1) is 0 Å². The van der Waals surface area contributed by atoms with Crippen LogP contribution in [0, 0.1) is 0 Å². The van der Waals surface area contributed by atoms with Crippen LogP contribution in [-0.2, 0) is 5.41 Å². The monoisotopic (exact) mass is 716 g/mol. The van der Waals surface area contributed by atoms with Crippen LogP contribution in [0.1, 0.15) is 25.0 Å². The number of para-hydroxylation sites is 2. The molecule has 0 unspecified atom stereocenters. The SMILES string of the molecule is CC1(C)c2cc(-c3cccc4c5ccccc5n(-c5nc(-c6ccccc6)nc(-c6ccc(-c7ccccc7)cc6)n5)c34)ccc2-c2c1ccc1ccccc21. The molecule has 4 heteroatoms. The Labute approximate surface area is 325 Å². The van der Waals surface area contributed by atoms with Gasteiger partial charge in [0.05, 0.1) is 11.0 Å². The van der Waals surface area contributed by atoms with Crippen molar-refractivity contribution in [2.24, 2.45) is 0 Å². The van der Waals surface area contributed by atoms with Gasteiger partial charge >= 0.3 is 0 Å². The molecule has 10 aromatic rings. The van der Waals surface area contributed by atoms with Gasteiger partial charge in [0.2, 0.25) is 5.95 Å². The normalized spacial score (nSPS) is 13.0. The number of hydrogen-bond acceptors (Lipinski definition) is 3. The Balaban J connectivity index is 1.14. The van der Waals surface area contributed by atoms with E-state index in [0.717, 1.165) is 49.6 Å². The van der Waals surface area contributed by atoms with Gasteiger partial charge in [0.15, 0.2) is 11.6 Å². The largest absolute Gasteiger partial charge is 0.277 e. The maximum Gasteiger partial charge on any atom is 0.238 e. The van der Waals surface area contributed by atoms with Gasteiger partial charge in [-0.3, -0.25) is 4.57 Å². The summed E-state index contributed by atoms with van der Waals surface area (Å²) < 4.78 is 2.25. The molecule has 0 spiro atoms. The van der Waals surface area contributed by atoms with Gasteiger partial charge < -0.3 is 0 Å². The Morgan fingerprint density at radius 2 is 1.00 bits per heavy atom. The third kappa shape index (κ3) is 4.96. The molecule has 11 rings (SSSR count).